The van der Waals surface area contributed by atoms with Gasteiger partial charge in [0, 0.05) is 63.0 Å². The molecule has 1 aliphatic carbocycles. The number of carbonyl (C=O) groups is 1. The Morgan fingerprint density at radius 3 is 2.43 bits per heavy atom. The molecule has 184 valence electrons. The lowest BCUT2D eigenvalue weighted by atomic mass is 9.88. The second-order valence-corrected chi connectivity index (χ2v) is 11.4. The number of piperazine rings is 1. The Bertz CT molecular complexity index is 1090. The first-order valence-electron chi connectivity index (χ1n) is 12.7. The van der Waals surface area contributed by atoms with E-state index < -0.39 is 0 Å². The molecule has 2 aromatic heterocycles. The van der Waals surface area contributed by atoms with Crippen LogP contribution in [0.5, 0.6) is 0 Å². The van der Waals surface area contributed by atoms with E-state index in [1.165, 1.54) is 60.4 Å². The Labute approximate surface area is 217 Å². The van der Waals surface area contributed by atoms with Crippen LogP contribution in [0.3, 0.4) is 0 Å². The van der Waals surface area contributed by atoms with Gasteiger partial charge in [-0.25, -0.2) is 0 Å². The molecule has 1 saturated heterocycles. The Morgan fingerprint density at radius 1 is 1.00 bits per heavy atom. The van der Waals surface area contributed by atoms with Gasteiger partial charge in [-0.15, -0.1) is 11.3 Å². The fourth-order valence-corrected chi connectivity index (χ4v) is 6.29. The first kappa shape index (κ1) is 24.1. The summed E-state index contributed by atoms with van der Waals surface area (Å²) in [6, 6.07) is 16.8. The third-order valence-electron chi connectivity index (χ3n) is 7.23. The van der Waals surface area contributed by atoms with Crippen molar-refractivity contribution < 1.29 is 4.79 Å². The third-order valence-corrected chi connectivity index (χ3v) is 8.45. The number of halogens is 1. The smallest absolute Gasteiger partial charge is 0.264 e. The molecule has 5 rings (SSSR count). The van der Waals surface area contributed by atoms with Gasteiger partial charge >= 0.3 is 0 Å². The van der Waals surface area contributed by atoms with Crippen molar-refractivity contribution in [3.05, 3.63) is 75.7 Å². The van der Waals surface area contributed by atoms with Gasteiger partial charge in [0.05, 0.1) is 9.21 Å². The van der Waals surface area contributed by atoms with E-state index in [1.807, 2.05) is 29.4 Å². The second kappa shape index (κ2) is 11.4. The van der Waals surface area contributed by atoms with Crippen LogP contribution in [0.25, 0.3) is 0 Å². The largest absolute Gasteiger partial charge is 0.368 e. The van der Waals surface area contributed by atoms with Crippen LogP contribution >= 0.6 is 22.9 Å². The van der Waals surface area contributed by atoms with Crippen molar-refractivity contribution in [3.8, 4) is 0 Å². The Morgan fingerprint density at radius 2 is 1.77 bits per heavy atom. The number of anilines is 2. The van der Waals surface area contributed by atoms with Gasteiger partial charge in [-0.3, -0.25) is 9.78 Å². The van der Waals surface area contributed by atoms with Crippen molar-refractivity contribution >= 4 is 40.2 Å². The molecule has 7 heteroatoms. The van der Waals surface area contributed by atoms with Gasteiger partial charge in [0.2, 0.25) is 0 Å². The predicted octanol–water partition coefficient (Wildman–Crippen LogP) is 6.35. The molecule has 0 N–H and O–H groups in total. The number of hydrogen-bond acceptors (Lipinski definition) is 5. The maximum atomic E-state index is 12.7. The van der Waals surface area contributed by atoms with E-state index in [1.54, 1.807) is 6.07 Å². The monoisotopic (exact) mass is 508 g/mol. The van der Waals surface area contributed by atoms with E-state index in [0.717, 1.165) is 50.1 Å². The first-order valence-corrected chi connectivity index (χ1v) is 13.9. The van der Waals surface area contributed by atoms with Crippen molar-refractivity contribution in [1.82, 2.24) is 9.88 Å². The number of aromatic nitrogens is 1. The highest BCUT2D eigenvalue weighted by molar-refractivity contribution is 7.17. The molecule has 1 saturated carbocycles. The van der Waals surface area contributed by atoms with E-state index in [2.05, 4.69) is 45.1 Å². The van der Waals surface area contributed by atoms with Crippen LogP contribution < -0.4 is 9.80 Å². The predicted molar refractivity (Wildman–Crippen MR) is 146 cm³/mol. The summed E-state index contributed by atoms with van der Waals surface area (Å²) < 4.78 is 0.660. The molecule has 0 atom stereocenters. The van der Waals surface area contributed by atoms with Crippen molar-refractivity contribution in [2.45, 2.75) is 38.6 Å². The van der Waals surface area contributed by atoms with E-state index in [0.29, 0.717) is 4.34 Å². The third kappa shape index (κ3) is 6.17. The zero-order valence-electron chi connectivity index (χ0n) is 20.1. The fraction of sp³-hybridized carbons (Fsp3) is 0.429. The molecule has 1 aliphatic heterocycles. The molecule has 3 aromatic rings. The molecular formula is C28H33ClN4OS. The van der Waals surface area contributed by atoms with E-state index in [4.69, 9.17) is 11.6 Å². The molecule has 0 bridgehead atoms. The van der Waals surface area contributed by atoms with Crippen LogP contribution in [0.4, 0.5) is 11.4 Å². The average Bonchev–Trinajstić information content (AvgIpc) is 3.35. The summed E-state index contributed by atoms with van der Waals surface area (Å²) in [6.07, 6.45) is 10.6. The zero-order valence-corrected chi connectivity index (χ0v) is 21.7. The lowest BCUT2D eigenvalue weighted by Gasteiger charge is -2.36. The SMILES string of the molecule is O=C(c1ccc(Cl)s1)N1CCN(c2ccc(N(Cc3cccnc3)CC3CCCCC3)cc2)CC1. The van der Waals surface area contributed by atoms with Gasteiger partial charge in [-0.2, -0.15) is 0 Å². The Hall–Kier alpha value is -2.57. The summed E-state index contributed by atoms with van der Waals surface area (Å²) in [5.41, 5.74) is 3.74. The number of amides is 1. The summed E-state index contributed by atoms with van der Waals surface area (Å²) in [5, 5.41) is 0. The van der Waals surface area contributed by atoms with Crippen molar-refractivity contribution in [1.29, 1.82) is 0 Å². The lowest BCUT2D eigenvalue weighted by Crippen LogP contribution is -2.48. The molecule has 1 aromatic carbocycles. The molecule has 2 aliphatic rings. The van der Waals surface area contributed by atoms with Crippen LogP contribution in [0.1, 0.15) is 47.3 Å². The number of rotatable bonds is 7. The number of benzene rings is 1. The minimum Gasteiger partial charge on any atom is -0.368 e. The van der Waals surface area contributed by atoms with Crippen LogP contribution in [0, 0.1) is 5.92 Å². The zero-order chi connectivity index (χ0) is 24.0. The van der Waals surface area contributed by atoms with Gasteiger partial charge in [0.1, 0.15) is 0 Å². The van der Waals surface area contributed by atoms with E-state index in [9.17, 15) is 4.79 Å². The molecular weight excluding hydrogens is 476 g/mol. The van der Waals surface area contributed by atoms with E-state index >= 15 is 0 Å². The first-order chi connectivity index (χ1) is 17.2. The van der Waals surface area contributed by atoms with Crippen molar-refractivity contribution in [3.63, 3.8) is 0 Å². The summed E-state index contributed by atoms with van der Waals surface area (Å²) in [7, 11) is 0. The van der Waals surface area contributed by atoms with Gasteiger partial charge < -0.3 is 14.7 Å². The highest BCUT2D eigenvalue weighted by Gasteiger charge is 2.24. The summed E-state index contributed by atoms with van der Waals surface area (Å²) in [5.74, 6) is 0.856. The fourth-order valence-electron chi connectivity index (χ4n) is 5.28. The number of pyridine rings is 1. The molecule has 0 unspecified atom stereocenters. The van der Waals surface area contributed by atoms with Crippen LogP contribution in [-0.4, -0.2) is 48.5 Å². The maximum absolute atomic E-state index is 12.7. The van der Waals surface area contributed by atoms with Gasteiger partial charge in [0.15, 0.2) is 0 Å². The maximum Gasteiger partial charge on any atom is 0.264 e. The summed E-state index contributed by atoms with van der Waals surface area (Å²) >= 11 is 7.37. The molecule has 3 heterocycles. The number of carbonyl (C=O) groups excluding carboxylic acids is 1. The minimum absolute atomic E-state index is 0.0886. The minimum atomic E-state index is 0.0886. The van der Waals surface area contributed by atoms with Gasteiger partial charge in [-0.1, -0.05) is 36.9 Å². The van der Waals surface area contributed by atoms with Crippen LogP contribution in [-0.2, 0) is 6.54 Å². The highest BCUT2D eigenvalue weighted by Crippen LogP contribution is 2.29. The van der Waals surface area contributed by atoms with Gasteiger partial charge in [-0.05, 0) is 66.8 Å². The van der Waals surface area contributed by atoms with Crippen LogP contribution in [0.2, 0.25) is 4.34 Å². The topological polar surface area (TPSA) is 39.7 Å². The standard InChI is InChI=1S/C28H33ClN4OS/c29-27-13-12-26(35-27)28(34)32-17-15-31(16-18-32)24-8-10-25(11-9-24)33(20-22-5-2-1-3-6-22)21-23-7-4-14-30-19-23/h4,7-14,19,22H,1-3,5-6,15-18,20-21H2. The van der Waals surface area contributed by atoms with Crippen molar-refractivity contribution in [2.75, 3.05) is 42.5 Å². The Kier molecular flexibility index (Phi) is 7.89. The number of thiophene rings is 1. The quantitative estimate of drug-likeness (QED) is 0.373. The van der Waals surface area contributed by atoms with E-state index in [-0.39, 0.29) is 5.91 Å². The molecule has 1 amide bonds. The molecule has 0 spiro atoms. The Balaban J connectivity index is 1.23. The summed E-state index contributed by atoms with van der Waals surface area (Å²) in [6.45, 7) is 5.12. The molecule has 35 heavy (non-hydrogen) atoms. The second-order valence-electron chi connectivity index (χ2n) is 9.65. The lowest BCUT2D eigenvalue weighted by molar-refractivity contribution is 0.0751. The highest BCUT2D eigenvalue weighted by atomic mass is 35.5. The van der Waals surface area contributed by atoms with Gasteiger partial charge in [0.25, 0.3) is 5.91 Å². The molecule has 2 fully saturated rings. The van der Waals surface area contributed by atoms with Crippen LogP contribution in [0.15, 0.2) is 60.9 Å². The molecule has 5 nitrogen and oxygen atoms in total. The average molecular weight is 509 g/mol. The van der Waals surface area contributed by atoms with Crippen molar-refractivity contribution in [2.24, 2.45) is 5.92 Å². The summed E-state index contributed by atoms with van der Waals surface area (Å²) in [4.78, 5) is 24.6. The molecule has 0 radical (unpaired) electrons. The number of hydrogen-bond donors (Lipinski definition) is 0. The number of nitrogens with zero attached hydrogens (tertiary/aromatic N) is 4. The normalized spacial score (nSPS) is 16.9.